The van der Waals surface area contributed by atoms with Crippen LogP contribution < -0.4 is 24.3 Å². The van der Waals surface area contributed by atoms with Crippen LogP contribution in [0, 0.1) is 17.8 Å². The van der Waals surface area contributed by atoms with E-state index in [4.69, 9.17) is 33.7 Å². The highest BCUT2D eigenvalue weighted by Crippen LogP contribution is 2.62. The first-order valence-electron chi connectivity index (χ1n) is 21.0. The fraction of sp³-hybridized carbons (Fsp3) is 0.565. The van der Waals surface area contributed by atoms with Crippen molar-refractivity contribution in [2.24, 2.45) is 22.9 Å². The molecule has 0 spiro atoms. The van der Waals surface area contributed by atoms with Gasteiger partial charge in [-0.2, -0.15) is 0 Å². The van der Waals surface area contributed by atoms with E-state index in [-0.39, 0.29) is 56.9 Å². The van der Waals surface area contributed by atoms with Gasteiger partial charge in [0.25, 0.3) is 0 Å². The first kappa shape index (κ1) is 43.1. The molecular weight excluding hydrogens is 739 g/mol. The highest BCUT2D eigenvalue weighted by atomic mass is 16.7. The lowest BCUT2D eigenvalue weighted by Crippen LogP contribution is -2.70. The number of nitrogens with one attached hydrogen (secondary N) is 1. The van der Waals surface area contributed by atoms with E-state index in [2.05, 4.69) is 37.5 Å². The molecule has 12 nitrogen and oxygen atoms in total. The van der Waals surface area contributed by atoms with Gasteiger partial charge in [0.1, 0.15) is 29.7 Å². The fourth-order valence-electron chi connectivity index (χ4n) is 9.06. The quantitative estimate of drug-likeness (QED) is 0.0690. The molecular formula is C46H63N3O9. The Bertz CT molecular complexity index is 1800. The van der Waals surface area contributed by atoms with Crippen molar-refractivity contribution in [2.75, 3.05) is 39.8 Å². The summed E-state index contributed by atoms with van der Waals surface area (Å²) < 4.78 is 31.6. The van der Waals surface area contributed by atoms with Crippen LogP contribution >= 0.6 is 0 Å². The molecule has 0 aromatic heterocycles. The number of nitrogens with zero attached hydrogens (tertiary/aromatic N) is 2. The Morgan fingerprint density at radius 1 is 1.00 bits per heavy atom. The lowest BCUT2D eigenvalue weighted by molar-refractivity contribution is -0.254. The third-order valence-electron chi connectivity index (χ3n) is 11.4. The zero-order valence-electron chi connectivity index (χ0n) is 34.8. The molecule has 1 saturated carbocycles. The maximum absolute atomic E-state index is 14.7. The molecule has 1 fully saturated rings. The van der Waals surface area contributed by atoms with Crippen molar-refractivity contribution in [2.45, 2.75) is 109 Å². The molecule has 2 amide bonds. The Hall–Kier alpha value is -4.52. The van der Waals surface area contributed by atoms with Crippen molar-refractivity contribution in [1.82, 2.24) is 10.2 Å². The number of hydrogen-bond acceptors (Lipinski definition) is 10. The van der Waals surface area contributed by atoms with E-state index in [0.717, 1.165) is 48.1 Å². The summed E-state index contributed by atoms with van der Waals surface area (Å²) in [6.07, 6.45) is 11.6. The second-order valence-corrected chi connectivity index (χ2v) is 16.6. The molecule has 12 heteroatoms. The van der Waals surface area contributed by atoms with Gasteiger partial charge in [-0.1, -0.05) is 55.8 Å². The van der Waals surface area contributed by atoms with Crippen LogP contribution in [0.1, 0.15) is 96.1 Å². The summed E-state index contributed by atoms with van der Waals surface area (Å²) in [5, 5.41) is 27.9. The number of amides is 2. The van der Waals surface area contributed by atoms with Crippen LogP contribution in [0.15, 0.2) is 78.5 Å². The molecule has 316 valence electrons. The van der Waals surface area contributed by atoms with Crippen molar-refractivity contribution in [3.63, 3.8) is 0 Å². The number of unbranched alkanes of at least 4 members (excludes halogenated alkanes) is 2. The maximum Gasteiger partial charge on any atom is 0.318 e. The molecule has 0 bridgehead atoms. The zero-order valence-corrected chi connectivity index (χ0v) is 34.8. The molecule has 2 heterocycles. The molecule has 2 aliphatic heterocycles. The number of aliphatic hydroxyl groups is 2. The average Bonchev–Trinajstić information content (AvgIpc) is 3.69. The number of urea groups is 1. The third kappa shape index (κ3) is 9.50. The predicted molar refractivity (Wildman–Crippen MR) is 223 cm³/mol. The Morgan fingerprint density at radius 2 is 1.74 bits per heavy atom. The minimum Gasteiger partial charge on any atom is -0.490 e. The van der Waals surface area contributed by atoms with E-state index >= 15 is 0 Å². The number of allylic oxidation sites excluding steroid dienone is 1. The van der Waals surface area contributed by atoms with Crippen LogP contribution in [0.3, 0.4) is 0 Å². The smallest absolute Gasteiger partial charge is 0.318 e. The van der Waals surface area contributed by atoms with Crippen LogP contribution in [0.5, 0.6) is 23.0 Å². The summed E-state index contributed by atoms with van der Waals surface area (Å²) in [6.45, 7) is 17.5. The molecule has 2 aromatic carbocycles. The number of fused-ring (bicyclic) bond motifs is 3. The summed E-state index contributed by atoms with van der Waals surface area (Å²) >= 11 is 0. The predicted octanol–water partition coefficient (Wildman–Crippen LogP) is 8.03. The molecule has 0 radical (unpaired) electrons. The van der Waals surface area contributed by atoms with E-state index < -0.39 is 23.3 Å². The zero-order chi connectivity index (χ0) is 41.3. The normalized spacial score (nSPS) is 24.8. The van der Waals surface area contributed by atoms with Crippen LogP contribution in [-0.4, -0.2) is 84.1 Å². The maximum atomic E-state index is 14.7. The van der Waals surface area contributed by atoms with Crippen molar-refractivity contribution in [3.05, 3.63) is 84.5 Å². The number of oxime groups is 1. The summed E-state index contributed by atoms with van der Waals surface area (Å²) in [5.41, 5.74) is 3.05. The molecule has 58 heavy (non-hydrogen) atoms. The summed E-state index contributed by atoms with van der Waals surface area (Å²) in [6, 6.07) is 10.7. The van der Waals surface area contributed by atoms with Crippen molar-refractivity contribution < 1.29 is 43.5 Å². The van der Waals surface area contributed by atoms with Gasteiger partial charge in [-0.3, -0.25) is 0 Å². The number of ether oxygens (including phenoxy) is 5. The van der Waals surface area contributed by atoms with E-state index in [1.807, 2.05) is 56.0 Å². The summed E-state index contributed by atoms with van der Waals surface area (Å²) in [5.74, 6) is 1.02. The Balaban J connectivity index is 1.52. The van der Waals surface area contributed by atoms with Gasteiger partial charge in [0, 0.05) is 44.2 Å². The summed E-state index contributed by atoms with van der Waals surface area (Å²) in [4.78, 5) is 22.8. The monoisotopic (exact) mass is 801 g/mol. The Morgan fingerprint density at radius 3 is 2.47 bits per heavy atom. The van der Waals surface area contributed by atoms with E-state index in [1.54, 1.807) is 12.2 Å². The minimum atomic E-state index is -1.35. The third-order valence-corrected chi connectivity index (χ3v) is 11.4. The van der Waals surface area contributed by atoms with Gasteiger partial charge in [-0.15, -0.1) is 6.58 Å². The molecule has 0 unspecified atom stereocenters. The number of carbonyl (C=O) groups is 1. The largest absolute Gasteiger partial charge is 0.490 e. The van der Waals surface area contributed by atoms with Crippen LogP contribution in [0.4, 0.5) is 4.79 Å². The topological polar surface area (TPSA) is 141 Å². The SMILES string of the molecule is C=CCOc1ccc2c(c1)[C@H]1[C@H](CCCCO)[C@@H](CCCCO)C=C3C(=NOC(C)(C)C)C[C@H](N(CCC)C(=O)NCc4ccc5c(c4)OCO5)[C@@](OCC=C)(O2)[C@H]31. The van der Waals surface area contributed by atoms with Gasteiger partial charge in [0.2, 0.25) is 12.6 Å². The Kier molecular flexibility index (Phi) is 14.5. The molecule has 3 N–H and O–H groups in total. The number of hydrogen-bond donors (Lipinski definition) is 3. The molecule has 0 saturated heterocycles. The van der Waals surface area contributed by atoms with E-state index in [0.29, 0.717) is 61.8 Å². The van der Waals surface area contributed by atoms with Crippen molar-refractivity contribution in [1.29, 1.82) is 0 Å². The first-order valence-corrected chi connectivity index (χ1v) is 21.0. The number of benzene rings is 2. The molecule has 2 aromatic rings. The minimum absolute atomic E-state index is 0.103. The first-order chi connectivity index (χ1) is 28.1. The Labute approximate surface area is 343 Å². The number of rotatable bonds is 20. The van der Waals surface area contributed by atoms with Gasteiger partial charge in [-0.05, 0) is 106 Å². The standard InChI is InChI=1S/C46H63N3O9/c1-7-20-49(44(52)47-29-31-16-18-39-40(25-31)55-30-54-39)41-28-37(48-58-45(4,5)6)35-26-32(14-10-12-21-50)34(15-11-13-22-51)42-36-27-33(53-23-8-2)17-19-38(36)57-46(41,43(35)42)56-24-9-3/h8-9,16-19,25-27,32,34,41-43,50-51H,2-3,7,10-15,20-24,28-30H2,1,4-6H3,(H,47,52)/t32-,34+,41-,42+,43+,46+/m0/s1. The molecule has 6 rings (SSSR count). The second-order valence-electron chi connectivity index (χ2n) is 16.6. The van der Waals surface area contributed by atoms with E-state index in [1.165, 1.54) is 0 Å². The fourth-order valence-corrected chi connectivity index (χ4v) is 9.06. The average molecular weight is 802 g/mol. The van der Waals surface area contributed by atoms with Gasteiger partial charge in [-0.25, -0.2) is 4.79 Å². The molecule has 4 aliphatic rings. The van der Waals surface area contributed by atoms with Gasteiger partial charge >= 0.3 is 6.03 Å². The highest BCUT2D eigenvalue weighted by molar-refractivity contribution is 6.03. The summed E-state index contributed by atoms with van der Waals surface area (Å²) in [7, 11) is 0. The molecule has 2 aliphatic carbocycles. The second kappa shape index (κ2) is 19.5. The highest BCUT2D eigenvalue weighted by Gasteiger charge is 2.65. The number of aliphatic hydroxyl groups excluding tert-OH is 2. The van der Waals surface area contributed by atoms with Gasteiger partial charge < -0.3 is 49.0 Å². The lowest BCUT2D eigenvalue weighted by Gasteiger charge is -2.60. The molecule has 6 atom stereocenters. The lowest BCUT2D eigenvalue weighted by atomic mass is 9.55. The van der Waals surface area contributed by atoms with Crippen molar-refractivity contribution >= 4 is 11.7 Å². The van der Waals surface area contributed by atoms with Crippen molar-refractivity contribution in [3.8, 4) is 23.0 Å². The van der Waals surface area contributed by atoms with Gasteiger partial charge in [0.05, 0.1) is 18.2 Å². The van der Waals surface area contributed by atoms with Gasteiger partial charge in [0.15, 0.2) is 11.5 Å². The van der Waals surface area contributed by atoms with Crippen LogP contribution in [-0.2, 0) is 16.1 Å². The van der Waals surface area contributed by atoms with E-state index in [9.17, 15) is 15.0 Å². The van der Waals surface area contributed by atoms with Crippen LogP contribution in [0.25, 0.3) is 0 Å². The van der Waals surface area contributed by atoms with Crippen LogP contribution in [0.2, 0.25) is 0 Å². The number of carbonyl (C=O) groups excluding carboxylic acids is 1.